The van der Waals surface area contributed by atoms with Crippen molar-refractivity contribution in [1.29, 1.82) is 0 Å². The fraction of sp³-hybridized carbons (Fsp3) is 0.846. The molecule has 1 aliphatic carbocycles. The Labute approximate surface area is 107 Å². The monoisotopic (exact) mass is 254 g/mol. The van der Waals surface area contributed by atoms with Crippen LogP contribution in [-0.4, -0.2) is 41.5 Å². The molecule has 0 radical (unpaired) electrons. The third-order valence-corrected chi connectivity index (χ3v) is 4.36. The minimum Gasteiger partial charge on any atom is -0.481 e. The molecule has 3 unspecified atom stereocenters. The van der Waals surface area contributed by atoms with Crippen LogP contribution in [0.25, 0.3) is 0 Å². The number of hydrogen-bond acceptors (Lipinski definition) is 3. The zero-order valence-corrected chi connectivity index (χ0v) is 10.7. The topological polar surface area (TPSA) is 83.6 Å². The standard InChI is InChI=1S/C13H22N2O3/c14-7-9-3-1-5-11(9)12(16)15-6-2-4-10(8-15)13(17)18/h9-11H,1-8,14H2,(H,17,18). The van der Waals surface area contributed by atoms with Gasteiger partial charge in [0.05, 0.1) is 5.92 Å². The first kappa shape index (κ1) is 13.3. The Morgan fingerprint density at radius 1 is 1.22 bits per heavy atom. The average Bonchev–Trinajstić information content (AvgIpc) is 2.86. The fourth-order valence-corrected chi connectivity index (χ4v) is 3.26. The van der Waals surface area contributed by atoms with Gasteiger partial charge in [-0.05, 0) is 38.1 Å². The summed E-state index contributed by atoms with van der Waals surface area (Å²) in [5.74, 6) is -0.714. The van der Waals surface area contributed by atoms with Crippen LogP contribution < -0.4 is 5.73 Å². The number of amides is 1. The highest BCUT2D eigenvalue weighted by Crippen LogP contribution is 2.33. The molecule has 1 aliphatic heterocycles. The van der Waals surface area contributed by atoms with Crippen molar-refractivity contribution in [3.8, 4) is 0 Å². The molecule has 5 nitrogen and oxygen atoms in total. The summed E-state index contributed by atoms with van der Waals surface area (Å²) in [6.07, 6.45) is 4.49. The minimum absolute atomic E-state index is 0.0301. The Morgan fingerprint density at radius 3 is 2.67 bits per heavy atom. The Bertz CT molecular complexity index is 332. The SMILES string of the molecule is NCC1CCCC1C(=O)N1CCCC(C(=O)O)C1. The van der Waals surface area contributed by atoms with E-state index in [2.05, 4.69) is 0 Å². The lowest BCUT2D eigenvalue weighted by atomic mass is 9.92. The third kappa shape index (κ3) is 2.66. The molecule has 0 aromatic carbocycles. The second-order valence-corrected chi connectivity index (χ2v) is 5.49. The van der Waals surface area contributed by atoms with Gasteiger partial charge in [-0.3, -0.25) is 9.59 Å². The first-order chi connectivity index (χ1) is 8.63. The van der Waals surface area contributed by atoms with Crippen LogP contribution in [0.5, 0.6) is 0 Å². The average molecular weight is 254 g/mol. The third-order valence-electron chi connectivity index (χ3n) is 4.36. The molecule has 1 saturated carbocycles. The van der Waals surface area contributed by atoms with E-state index in [1.54, 1.807) is 4.90 Å². The lowest BCUT2D eigenvalue weighted by Gasteiger charge is -2.33. The molecule has 18 heavy (non-hydrogen) atoms. The number of hydrogen-bond donors (Lipinski definition) is 2. The van der Waals surface area contributed by atoms with Gasteiger partial charge in [-0.15, -0.1) is 0 Å². The number of aliphatic carboxylic acids is 1. The molecule has 0 aromatic heterocycles. The Hall–Kier alpha value is -1.10. The van der Waals surface area contributed by atoms with Crippen molar-refractivity contribution < 1.29 is 14.7 Å². The second-order valence-electron chi connectivity index (χ2n) is 5.49. The van der Waals surface area contributed by atoms with Gasteiger partial charge in [0.25, 0.3) is 0 Å². The molecular weight excluding hydrogens is 232 g/mol. The number of carboxylic acids is 1. The maximum atomic E-state index is 12.4. The van der Waals surface area contributed by atoms with E-state index in [1.165, 1.54) is 0 Å². The van der Waals surface area contributed by atoms with Crippen molar-refractivity contribution in [2.24, 2.45) is 23.5 Å². The van der Waals surface area contributed by atoms with E-state index in [0.29, 0.717) is 32.0 Å². The van der Waals surface area contributed by atoms with Crippen LogP contribution in [0, 0.1) is 17.8 Å². The van der Waals surface area contributed by atoms with Gasteiger partial charge in [-0.1, -0.05) is 6.42 Å². The summed E-state index contributed by atoms with van der Waals surface area (Å²) in [7, 11) is 0. The number of piperidine rings is 1. The Morgan fingerprint density at radius 2 is 2.00 bits per heavy atom. The number of nitrogens with zero attached hydrogens (tertiary/aromatic N) is 1. The highest BCUT2D eigenvalue weighted by atomic mass is 16.4. The first-order valence-electron chi connectivity index (χ1n) is 6.85. The summed E-state index contributed by atoms with van der Waals surface area (Å²) in [6, 6.07) is 0. The number of carboxylic acid groups (broad SMARTS) is 1. The summed E-state index contributed by atoms with van der Waals surface area (Å²) < 4.78 is 0. The van der Waals surface area contributed by atoms with Crippen molar-refractivity contribution >= 4 is 11.9 Å². The van der Waals surface area contributed by atoms with Gasteiger partial charge in [0.15, 0.2) is 0 Å². The highest BCUT2D eigenvalue weighted by Gasteiger charge is 2.37. The number of likely N-dealkylation sites (tertiary alicyclic amines) is 1. The molecule has 5 heteroatoms. The van der Waals surface area contributed by atoms with Crippen molar-refractivity contribution in [2.75, 3.05) is 19.6 Å². The molecule has 2 rings (SSSR count). The second kappa shape index (κ2) is 5.69. The summed E-state index contributed by atoms with van der Waals surface area (Å²) >= 11 is 0. The van der Waals surface area contributed by atoms with Gasteiger partial charge in [0, 0.05) is 19.0 Å². The van der Waals surface area contributed by atoms with Gasteiger partial charge in [0.1, 0.15) is 0 Å². The summed E-state index contributed by atoms with van der Waals surface area (Å²) in [4.78, 5) is 25.2. The number of nitrogens with two attached hydrogens (primary N) is 1. The van der Waals surface area contributed by atoms with Crippen LogP contribution in [0.3, 0.4) is 0 Å². The molecule has 2 aliphatic rings. The molecule has 3 atom stereocenters. The van der Waals surface area contributed by atoms with E-state index >= 15 is 0 Å². The van der Waals surface area contributed by atoms with Crippen LogP contribution in [0.15, 0.2) is 0 Å². The van der Waals surface area contributed by atoms with E-state index in [-0.39, 0.29) is 17.7 Å². The van der Waals surface area contributed by atoms with Crippen LogP contribution in [0.4, 0.5) is 0 Å². The molecule has 0 aromatic rings. The van der Waals surface area contributed by atoms with E-state index in [4.69, 9.17) is 10.8 Å². The predicted molar refractivity (Wildman–Crippen MR) is 66.8 cm³/mol. The molecule has 102 valence electrons. The van der Waals surface area contributed by atoms with Crippen LogP contribution in [-0.2, 0) is 9.59 Å². The maximum absolute atomic E-state index is 12.4. The summed E-state index contributed by atoms with van der Waals surface area (Å²) in [6.45, 7) is 1.64. The number of rotatable bonds is 3. The van der Waals surface area contributed by atoms with Gasteiger partial charge >= 0.3 is 5.97 Å². The lowest BCUT2D eigenvalue weighted by Crippen LogP contribution is -2.46. The van der Waals surface area contributed by atoms with Crippen molar-refractivity contribution in [2.45, 2.75) is 32.1 Å². The van der Waals surface area contributed by atoms with Gasteiger partial charge in [-0.25, -0.2) is 0 Å². The normalized spacial score (nSPS) is 32.5. The summed E-state index contributed by atoms with van der Waals surface area (Å²) in [5.41, 5.74) is 5.70. The first-order valence-corrected chi connectivity index (χ1v) is 6.85. The van der Waals surface area contributed by atoms with Gasteiger partial charge < -0.3 is 15.7 Å². The van der Waals surface area contributed by atoms with Gasteiger partial charge in [0.2, 0.25) is 5.91 Å². The van der Waals surface area contributed by atoms with Crippen molar-refractivity contribution in [3.05, 3.63) is 0 Å². The minimum atomic E-state index is -0.783. The number of carbonyl (C=O) groups excluding carboxylic acids is 1. The zero-order chi connectivity index (χ0) is 13.1. The molecule has 1 heterocycles. The molecular formula is C13H22N2O3. The van der Waals surface area contributed by atoms with E-state index in [9.17, 15) is 9.59 Å². The number of carbonyl (C=O) groups is 2. The van der Waals surface area contributed by atoms with Crippen LogP contribution >= 0.6 is 0 Å². The van der Waals surface area contributed by atoms with Crippen LogP contribution in [0.1, 0.15) is 32.1 Å². The van der Waals surface area contributed by atoms with Crippen molar-refractivity contribution in [3.63, 3.8) is 0 Å². The zero-order valence-electron chi connectivity index (χ0n) is 10.7. The lowest BCUT2D eigenvalue weighted by molar-refractivity contribution is -0.147. The van der Waals surface area contributed by atoms with Crippen LogP contribution in [0.2, 0.25) is 0 Å². The predicted octanol–water partition coefficient (Wildman–Crippen LogP) is 0.685. The van der Waals surface area contributed by atoms with Crippen molar-refractivity contribution in [1.82, 2.24) is 4.90 Å². The van der Waals surface area contributed by atoms with E-state index < -0.39 is 5.97 Å². The molecule has 1 amide bonds. The quantitative estimate of drug-likeness (QED) is 0.776. The fourth-order valence-electron chi connectivity index (χ4n) is 3.26. The Kier molecular flexibility index (Phi) is 4.22. The largest absolute Gasteiger partial charge is 0.481 e. The highest BCUT2D eigenvalue weighted by molar-refractivity contribution is 5.80. The maximum Gasteiger partial charge on any atom is 0.308 e. The van der Waals surface area contributed by atoms with Gasteiger partial charge in [-0.2, -0.15) is 0 Å². The molecule has 0 spiro atoms. The van der Waals surface area contributed by atoms with E-state index in [0.717, 1.165) is 25.7 Å². The molecule has 1 saturated heterocycles. The molecule has 2 fully saturated rings. The molecule has 0 bridgehead atoms. The smallest absolute Gasteiger partial charge is 0.308 e. The summed E-state index contributed by atoms with van der Waals surface area (Å²) in [5, 5.41) is 9.04. The Balaban J connectivity index is 1.98. The molecule has 3 N–H and O–H groups in total. The van der Waals surface area contributed by atoms with E-state index in [1.807, 2.05) is 0 Å².